The number of hydrogen-bond acceptors (Lipinski definition) is 3. The molecule has 0 aliphatic carbocycles. The summed E-state index contributed by atoms with van der Waals surface area (Å²) in [4.78, 5) is 9.52. The highest BCUT2D eigenvalue weighted by Crippen LogP contribution is 2.29. The van der Waals surface area contributed by atoms with Gasteiger partial charge >= 0.3 is 0 Å². The molecule has 5 heteroatoms. The second kappa shape index (κ2) is 7.73. The average Bonchev–Trinajstić information content (AvgIpc) is 2.87. The molecule has 2 heterocycles. The molecule has 2 aliphatic rings. The third-order valence-electron chi connectivity index (χ3n) is 4.40. The summed E-state index contributed by atoms with van der Waals surface area (Å²) < 4.78 is 0.334. The van der Waals surface area contributed by atoms with E-state index in [1.54, 1.807) is 0 Å². The highest BCUT2D eigenvalue weighted by Gasteiger charge is 2.29. The molecule has 0 amide bonds. The third-order valence-corrected chi connectivity index (χ3v) is 5.69. The van der Waals surface area contributed by atoms with Gasteiger partial charge in [-0.25, -0.2) is 0 Å². The second-order valence-corrected chi connectivity index (χ2v) is 8.72. The van der Waals surface area contributed by atoms with Crippen LogP contribution in [0.25, 0.3) is 0 Å². The molecule has 2 fully saturated rings. The van der Waals surface area contributed by atoms with E-state index in [2.05, 4.69) is 52.6 Å². The number of aliphatic imine (C=N–C) groups is 1. The maximum atomic E-state index is 4.50. The van der Waals surface area contributed by atoms with Gasteiger partial charge in [-0.3, -0.25) is 4.99 Å². The fraction of sp³-hybridized carbons (Fsp3) is 0.938. The quantitative estimate of drug-likeness (QED) is 0.636. The van der Waals surface area contributed by atoms with Crippen molar-refractivity contribution in [2.75, 3.05) is 52.1 Å². The summed E-state index contributed by atoms with van der Waals surface area (Å²) in [7, 11) is 1.91. The highest BCUT2D eigenvalue weighted by molar-refractivity contribution is 8.00. The zero-order valence-electron chi connectivity index (χ0n) is 14.2. The maximum Gasteiger partial charge on any atom is 0.193 e. The van der Waals surface area contributed by atoms with Gasteiger partial charge in [-0.05, 0) is 45.7 Å². The first-order valence-electron chi connectivity index (χ1n) is 8.36. The van der Waals surface area contributed by atoms with Crippen molar-refractivity contribution in [2.45, 2.75) is 38.4 Å². The Morgan fingerprint density at radius 3 is 2.86 bits per heavy atom. The highest BCUT2D eigenvalue weighted by atomic mass is 32.2. The molecule has 4 nitrogen and oxygen atoms in total. The SMILES string of the molecule is CCCN1CCC(CNC(=NC)N2CCSC(C)(C)C2)C1. The van der Waals surface area contributed by atoms with E-state index < -0.39 is 0 Å². The molecule has 2 saturated heterocycles. The molecule has 2 rings (SSSR count). The molecule has 1 N–H and O–H groups in total. The van der Waals surface area contributed by atoms with Crippen LogP contribution < -0.4 is 5.32 Å². The Morgan fingerprint density at radius 2 is 2.19 bits per heavy atom. The topological polar surface area (TPSA) is 30.9 Å². The van der Waals surface area contributed by atoms with Gasteiger partial charge < -0.3 is 15.1 Å². The van der Waals surface area contributed by atoms with E-state index in [9.17, 15) is 0 Å². The monoisotopic (exact) mass is 312 g/mol. The molecule has 21 heavy (non-hydrogen) atoms. The number of hydrogen-bond donors (Lipinski definition) is 1. The summed E-state index contributed by atoms with van der Waals surface area (Å²) in [5, 5.41) is 3.62. The van der Waals surface area contributed by atoms with Gasteiger partial charge in [0.2, 0.25) is 0 Å². The normalized spacial score (nSPS) is 27.1. The summed E-state index contributed by atoms with van der Waals surface area (Å²) in [6.45, 7) is 14.0. The van der Waals surface area contributed by atoms with Crippen molar-refractivity contribution in [2.24, 2.45) is 10.9 Å². The van der Waals surface area contributed by atoms with Gasteiger partial charge in [0.25, 0.3) is 0 Å². The Bertz CT molecular complexity index is 356. The van der Waals surface area contributed by atoms with Gasteiger partial charge in [-0.1, -0.05) is 6.92 Å². The molecule has 1 atom stereocenters. The van der Waals surface area contributed by atoms with Gasteiger partial charge in [-0.15, -0.1) is 0 Å². The predicted molar refractivity (Wildman–Crippen MR) is 94.3 cm³/mol. The van der Waals surface area contributed by atoms with Gasteiger partial charge in [0.1, 0.15) is 0 Å². The van der Waals surface area contributed by atoms with E-state index in [-0.39, 0.29) is 0 Å². The Balaban J connectivity index is 1.78. The van der Waals surface area contributed by atoms with Crippen molar-refractivity contribution in [1.29, 1.82) is 0 Å². The van der Waals surface area contributed by atoms with Crippen molar-refractivity contribution in [3.8, 4) is 0 Å². The molecule has 0 aromatic rings. The lowest BCUT2D eigenvalue weighted by atomic mass is 10.1. The minimum atomic E-state index is 0.334. The van der Waals surface area contributed by atoms with Gasteiger partial charge in [0.05, 0.1) is 0 Å². The lowest BCUT2D eigenvalue weighted by Gasteiger charge is -2.39. The second-order valence-electron chi connectivity index (χ2n) is 6.91. The van der Waals surface area contributed by atoms with E-state index >= 15 is 0 Å². The fourth-order valence-electron chi connectivity index (χ4n) is 3.36. The lowest BCUT2D eigenvalue weighted by molar-refractivity contribution is 0.322. The van der Waals surface area contributed by atoms with Crippen LogP contribution in [-0.4, -0.2) is 72.6 Å². The molecular weight excluding hydrogens is 280 g/mol. The van der Waals surface area contributed by atoms with Crippen LogP contribution in [-0.2, 0) is 0 Å². The van der Waals surface area contributed by atoms with Crippen LogP contribution in [0.2, 0.25) is 0 Å². The van der Waals surface area contributed by atoms with Crippen molar-refractivity contribution < 1.29 is 0 Å². The van der Waals surface area contributed by atoms with Gasteiger partial charge in [0.15, 0.2) is 5.96 Å². The summed E-state index contributed by atoms with van der Waals surface area (Å²) in [6.07, 6.45) is 2.59. The van der Waals surface area contributed by atoms with Gasteiger partial charge in [-0.2, -0.15) is 11.8 Å². The van der Waals surface area contributed by atoms with Crippen LogP contribution in [0.4, 0.5) is 0 Å². The number of guanidine groups is 1. The minimum absolute atomic E-state index is 0.334. The standard InChI is InChI=1S/C16H32N4S/c1-5-7-19-8-6-14(12-19)11-18-15(17-4)20-9-10-21-16(2,3)13-20/h14H,5-13H2,1-4H3,(H,17,18). The van der Waals surface area contributed by atoms with E-state index in [1.165, 1.54) is 38.2 Å². The molecule has 1 unspecified atom stereocenters. The Hall–Kier alpha value is -0.420. The minimum Gasteiger partial charge on any atom is -0.356 e. The molecule has 0 aromatic heterocycles. The van der Waals surface area contributed by atoms with Crippen LogP contribution in [0.15, 0.2) is 4.99 Å². The number of nitrogens with zero attached hydrogens (tertiary/aromatic N) is 3. The predicted octanol–water partition coefficient (Wildman–Crippen LogP) is 2.12. The zero-order valence-corrected chi connectivity index (χ0v) is 15.0. The van der Waals surface area contributed by atoms with Crippen LogP contribution in [0.1, 0.15) is 33.6 Å². The molecule has 0 bridgehead atoms. The van der Waals surface area contributed by atoms with Crippen molar-refractivity contribution in [3.63, 3.8) is 0 Å². The first-order chi connectivity index (χ1) is 10.0. The summed E-state index contributed by atoms with van der Waals surface area (Å²) in [5.74, 6) is 3.07. The Kier molecular flexibility index (Phi) is 6.23. The van der Waals surface area contributed by atoms with Crippen molar-refractivity contribution >= 4 is 17.7 Å². The maximum absolute atomic E-state index is 4.50. The molecule has 0 saturated carbocycles. The number of rotatable bonds is 4. The summed E-state index contributed by atoms with van der Waals surface area (Å²) >= 11 is 2.07. The van der Waals surface area contributed by atoms with E-state index in [0.29, 0.717) is 4.75 Å². The first-order valence-corrected chi connectivity index (χ1v) is 9.34. The summed E-state index contributed by atoms with van der Waals surface area (Å²) in [5.41, 5.74) is 0. The average molecular weight is 313 g/mol. The Morgan fingerprint density at radius 1 is 1.38 bits per heavy atom. The van der Waals surface area contributed by atoms with E-state index in [4.69, 9.17) is 0 Å². The third kappa shape index (κ3) is 5.06. The molecular formula is C16H32N4S. The molecule has 0 radical (unpaired) electrons. The molecule has 122 valence electrons. The lowest BCUT2D eigenvalue weighted by Crippen LogP contribution is -2.51. The zero-order chi connectivity index (χ0) is 15.3. The summed E-state index contributed by atoms with van der Waals surface area (Å²) in [6, 6.07) is 0. The molecule has 0 aromatic carbocycles. The Labute approximate surface area is 134 Å². The van der Waals surface area contributed by atoms with Crippen LogP contribution >= 0.6 is 11.8 Å². The van der Waals surface area contributed by atoms with Crippen molar-refractivity contribution in [3.05, 3.63) is 0 Å². The fourth-order valence-corrected chi connectivity index (χ4v) is 4.48. The van der Waals surface area contributed by atoms with Crippen molar-refractivity contribution in [1.82, 2.24) is 15.1 Å². The van der Waals surface area contributed by atoms with Crippen LogP contribution in [0, 0.1) is 5.92 Å². The number of thioether (sulfide) groups is 1. The van der Waals surface area contributed by atoms with E-state index in [0.717, 1.165) is 31.5 Å². The van der Waals surface area contributed by atoms with Gasteiger partial charge in [0, 0.05) is 43.7 Å². The largest absolute Gasteiger partial charge is 0.356 e. The number of nitrogens with one attached hydrogen (secondary N) is 1. The number of likely N-dealkylation sites (tertiary alicyclic amines) is 1. The smallest absolute Gasteiger partial charge is 0.193 e. The van der Waals surface area contributed by atoms with Crippen LogP contribution in [0.3, 0.4) is 0 Å². The van der Waals surface area contributed by atoms with E-state index in [1.807, 2.05) is 7.05 Å². The molecule has 2 aliphatic heterocycles. The first kappa shape index (κ1) is 16.9. The van der Waals surface area contributed by atoms with Crippen LogP contribution in [0.5, 0.6) is 0 Å². The molecule has 0 spiro atoms.